The summed E-state index contributed by atoms with van der Waals surface area (Å²) in [4.78, 5) is 28.9. The highest BCUT2D eigenvalue weighted by atomic mass is 16.5. The quantitative estimate of drug-likeness (QED) is 0.414. The molecule has 3 aromatic carbocycles. The van der Waals surface area contributed by atoms with Crippen molar-refractivity contribution in [1.82, 2.24) is 10.2 Å². The molecule has 3 rings (SSSR count). The van der Waals surface area contributed by atoms with Crippen molar-refractivity contribution < 1.29 is 14.3 Å². The maximum atomic E-state index is 13.8. The van der Waals surface area contributed by atoms with Gasteiger partial charge in [-0.05, 0) is 81.0 Å². The molecule has 3 aromatic rings. The monoisotopic (exact) mass is 486 g/mol. The molecule has 0 unspecified atom stereocenters. The van der Waals surface area contributed by atoms with E-state index in [-0.39, 0.29) is 24.5 Å². The van der Waals surface area contributed by atoms with E-state index in [1.54, 1.807) is 4.90 Å². The van der Waals surface area contributed by atoms with E-state index >= 15 is 0 Å². The fourth-order valence-electron chi connectivity index (χ4n) is 4.28. The Morgan fingerprint density at radius 1 is 0.889 bits per heavy atom. The van der Waals surface area contributed by atoms with E-state index in [2.05, 4.69) is 11.4 Å². The van der Waals surface area contributed by atoms with Gasteiger partial charge in [-0.3, -0.25) is 9.59 Å². The van der Waals surface area contributed by atoms with Gasteiger partial charge in [0.2, 0.25) is 5.91 Å². The van der Waals surface area contributed by atoms with Gasteiger partial charge in [0.1, 0.15) is 11.8 Å². The molecule has 0 heterocycles. The molecule has 1 atom stereocenters. The lowest BCUT2D eigenvalue weighted by Gasteiger charge is -2.32. The highest BCUT2D eigenvalue weighted by Gasteiger charge is 2.31. The van der Waals surface area contributed by atoms with Crippen molar-refractivity contribution in [2.45, 2.75) is 66.6 Å². The SMILES string of the molecule is Cc1cc(C)c(C)c(OCC(=O)N(Cc2ccccc2C)[C@H](Cc2ccccc2)C(=O)NC(C)C)c1. The minimum absolute atomic E-state index is 0.0413. The number of ether oxygens (including phenoxy) is 1. The Hall–Kier alpha value is -3.60. The van der Waals surface area contributed by atoms with Crippen LogP contribution in [0, 0.1) is 27.7 Å². The Bertz CT molecular complexity index is 1190. The maximum Gasteiger partial charge on any atom is 0.261 e. The van der Waals surface area contributed by atoms with Crippen molar-refractivity contribution in [1.29, 1.82) is 0 Å². The fraction of sp³-hybridized carbons (Fsp3) is 0.355. The largest absolute Gasteiger partial charge is 0.483 e. The van der Waals surface area contributed by atoms with Gasteiger partial charge in [0.25, 0.3) is 5.91 Å². The van der Waals surface area contributed by atoms with Crippen LogP contribution in [-0.2, 0) is 22.6 Å². The van der Waals surface area contributed by atoms with E-state index in [1.807, 2.05) is 102 Å². The molecule has 190 valence electrons. The van der Waals surface area contributed by atoms with Gasteiger partial charge in [0, 0.05) is 19.0 Å². The minimum atomic E-state index is -0.675. The summed E-state index contributed by atoms with van der Waals surface area (Å²) < 4.78 is 6.05. The Kier molecular flexibility index (Phi) is 9.29. The average molecular weight is 487 g/mol. The first-order valence-corrected chi connectivity index (χ1v) is 12.5. The lowest BCUT2D eigenvalue weighted by atomic mass is 10.0. The topological polar surface area (TPSA) is 58.6 Å². The third-order valence-electron chi connectivity index (χ3n) is 6.42. The predicted molar refractivity (Wildman–Crippen MR) is 145 cm³/mol. The van der Waals surface area contributed by atoms with Gasteiger partial charge in [-0.25, -0.2) is 0 Å². The molecular formula is C31H38N2O3. The van der Waals surface area contributed by atoms with E-state index in [4.69, 9.17) is 4.74 Å². The number of hydrogen-bond donors (Lipinski definition) is 1. The molecule has 0 fully saturated rings. The number of benzene rings is 3. The van der Waals surface area contributed by atoms with Crippen LogP contribution in [0.4, 0.5) is 0 Å². The Balaban J connectivity index is 1.95. The van der Waals surface area contributed by atoms with Crippen molar-refractivity contribution in [3.05, 3.63) is 100 Å². The number of nitrogens with zero attached hydrogens (tertiary/aromatic N) is 1. The van der Waals surface area contributed by atoms with E-state index < -0.39 is 6.04 Å². The van der Waals surface area contributed by atoms with Crippen LogP contribution in [-0.4, -0.2) is 35.4 Å². The van der Waals surface area contributed by atoms with Gasteiger partial charge < -0.3 is 15.0 Å². The zero-order valence-corrected chi connectivity index (χ0v) is 22.3. The van der Waals surface area contributed by atoms with Crippen LogP contribution in [0.25, 0.3) is 0 Å². The van der Waals surface area contributed by atoms with Crippen LogP contribution in [0.2, 0.25) is 0 Å². The lowest BCUT2D eigenvalue weighted by Crippen LogP contribution is -2.53. The van der Waals surface area contributed by atoms with E-state index in [1.165, 1.54) is 0 Å². The smallest absolute Gasteiger partial charge is 0.261 e. The summed E-state index contributed by atoms with van der Waals surface area (Å²) in [5.74, 6) is 0.304. The van der Waals surface area contributed by atoms with Crippen LogP contribution < -0.4 is 10.1 Å². The summed E-state index contributed by atoms with van der Waals surface area (Å²) in [5.41, 5.74) is 6.28. The molecule has 2 amide bonds. The molecule has 1 N–H and O–H groups in total. The van der Waals surface area contributed by atoms with E-state index in [0.29, 0.717) is 18.7 Å². The molecular weight excluding hydrogens is 448 g/mol. The third-order valence-corrected chi connectivity index (χ3v) is 6.42. The van der Waals surface area contributed by atoms with Crippen LogP contribution in [0.15, 0.2) is 66.7 Å². The van der Waals surface area contributed by atoms with Crippen molar-refractivity contribution in [3.8, 4) is 5.75 Å². The van der Waals surface area contributed by atoms with Gasteiger partial charge in [-0.15, -0.1) is 0 Å². The molecule has 0 aliphatic rings. The second kappa shape index (κ2) is 12.4. The zero-order valence-electron chi connectivity index (χ0n) is 22.3. The summed E-state index contributed by atoms with van der Waals surface area (Å²) in [6.45, 7) is 12.1. The number of hydrogen-bond acceptors (Lipinski definition) is 3. The van der Waals surface area contributed by atoms with Gasteiger partial charge >= 0.3 is 0 Å². The molecule has 0 radical (unpaired) electrons. The fourth-order valence-corrected chi connectivity index (χ4v) is 4.28. The molecule has 5 nitrogen and oxygen atoms in total. The summed E-state index contributed by atoms with van der Waals surface area (Å²) >= 11 is 0. The molecule has 0 saturated carbocycles. The maximum absolute atomic E-state index is 13.8. The van der Waals surface area contributed by atoms with Crippen molar-refractivity contribution in [2.24, 2.45) is 0 Å². The first kappa shape index (κ1) is 27.0. The van der Waals surface area contributed by atoms with Crippen LogP contribution in [0.5, 0.6) is 5.75 Å². The number of aryl methyl sites for hydroxylation is 3. The van der Waals surface area contributed by atoms with Crippen molar-refractivity contribution in [3.63, 3.8) is 0 Å². The first-order valence-electron chi connectivity index (χ1n) is 12.5. The summed E-state index contributed by atoms with van der Waals surface area (Å²) in [6.07, 6.45) is 0.416. The van der Waals surface area contributed by atoms with Crippen LogP contribution in [0.1, 0.15) is 47.2 Å². The number of rotatable bonds is 10. The normalized spacial score (nSPS) is 11.8. The second-order valence-electron chi connectivity index (χ2n) is 9.81. The van der Waals surface area contributed by atoms with Gasteiger partial charge in [0.15, 0.2) is 6.61 Å². The summed E-state index contributed by atoms with van der Waals surface area (Å²) in [6, 6.07) is 21.1. The van der Waals surface area contributed by atoms with E-state index in [0.717, 1.165) is 33.4 Å². The van der Waals surface area contributed by atoms with E-state index in [9.17, 15) is 9.59 Å². The lowest BCUT2D eigenvalue weighted by molar-refractivity contribution is -0.143. The standard InChI is InChI=1S/C31H38N2O3/c1-21(2)32-31(35)28(18-26-13-8-7-9-14-26)33(19-27-15-11-10-12-23(27)4)30(34)20-36-29-17-22(3)16-24(5)25(29)6/h7-17,21,28H,18-20H2,1-6H3,(H,32,35)/t28-/m1/s1. The first-order chi connectivity index (χ1) is 17.2. The molecule has 5 heteroatoms. The molecule has 0 aromatic heterocycles. The number of nitrogens with one attached hydrogen (secondary N) is 1. The molecule has 0 spiro atoms. The molecule has 0 aliphatic carbocycles. The predicted octanol–water partition coefficient (Wildman–Crippen LogP) is 5.46. The van der Waals surface area contributed by atoms with Gasteiger partial charge in [-0.1, -0.05) is 60.7 Å². The van der Waals surface area contributed by atoms with Crippen LogP contribution >= 0.6 is 0 Å². The van der Waals surface area contributed by atoms with Crippen molar-refractivity contribution in [2.75, 3.05) is 6.61 Å². The summed E-state index contributed by atoms with van der Waals surface area (Å²) in [5, 5.41) is 3.02. The minimum Gasteiger partial charge on any atom is -0.483 e. The van der Waals surface area contributed by atoms with Crippen LogP contribution in [0.3, 0.4) is 0 Å². The molecule has 0 aliphatic heterocycles. The third kappa shape index (κ3) is 7.20. The second-order valence-corrected chi connectivity index (χ2v) is 9.81. The zero-order chi connectivity index (χ0) is 26.2. The Morgan fingerprint density at radius 3 is 2.22 bits per heavy atom. The summed E-state index contributed by atoms with van der Waals surface area (Å²) in [7, 11) is 0. The number of carbonyl (C=O) groups excluding carboxylic acids is 2. The number of carbonyl (C=O) groups is 2. The molecule has 36 heavy (non-hydrogen) atoms. The van der Waals surface area contributed by atoms with Gasteiger partial charge in [0.05, 0.1) is 0 Å². The van der Waals surface area contributed by atoms with Gasteiger partial charge in [-0.2, -0.15) is 0 Å². The van der Waals surface area contributed by atoms with Crippen molar-refractivity contribution >= 4 is 11.8 Å². The Labute approximate surface area is 215 Å². The molecule has 0 bridgehead atoms. The average Bonchev–Trinajstić information content (AvgIpc) is 2.83. The Morgan fingerprint density at radius 2 is 1.56 bits per heavy atom. The molecule has 0 saturated heterocycles. The highest BCUT2D eigenvalue weighted by molar-refractivity contribution is 5.88. The number of amides is 2. The highest BCUT2D eigenvalue weighted by Crippen LogP contribution is 2.24.